The molecule has 1 spiro atoms. The predicted molar refractivity (Wildman–Crippen MR) is 160 cm³/mol. The van der Waals surface area contributed by atoms with Crippen LogP contribution in [0.2, 0.25) is 0 Å². The number of carbonyl (C=O) groups is 4. The van der Waals surface area contributed by atoms with Gasteiger partial charge in [-0.15, -0.1) is 13.2 Å². The Morgan fingerprint density at radius 2 is 1.88 bits per heavy atom. The topological polar surface area (TPSA) is 125 Å². The number of carbonyl (C=O) groups excluding carboxylic acids is 4. The van der Waals surface area contributed by atoms with Gasteiger partial charge in [0, 0.05) is 19.0 Å². The van der Waals surface area contributed by atoms with Crippen LogP contribution in [0.25, 0.3) is 0 Å². The Labute approximate surface area is 254 Å². The van der Waals surface area contributed by atoms with Gasteiger partial charge in [0.1, 0.15) is 17.7 Å². The number of rotatable bonds is 14. The monoisotopic (exact) mass is 595 g/mol. The lowest BCUT2D eigenvalue weighted by Gasteiger charge is -2.39. The molecule has 0 aromatic heterocycles. The molecule has 0 saturated carbocycles. The number of nitrogens with one attached hydrogen (secondary N) is 1. The van der Waals surface area contributed by atoms with Crippen molar-refractivity contribution in [2.24, 2.45) is 11.8 Å². The van der Waals surface area contributed by atoms with Gasteiger partial charge in [0.25, 0.3) is 0 Å². The zero-order valence-corrected chi connectivity index (χ0v) is 25.6. The SMILES string of the molecule is C=CCCC(=O)N[C@H](C)[C@@H](OC(=O)[C@@H]1[C@@H]2CC[C@]3(O2)[C@H](C(=O)N(CC=C)C(C)C)N([C@H](C)CO)C(=O)[C@@H]13)c1ccccc1. The number of fused-ring (bicyclic) bond motifs is 1. The molecule has 3 aliphatic heterocycles. The smallest absolute Gasteiger partial charge is 0.313 e. The van der Waals surface area contributed by atoms with E-state index in [2.05, 4.69) is 18.5 Å². The number of likely N-dealkylation sites (tertiary alicyclic amines) is 1. The van der Waals surface area contributed by atoms with E-state index in [0.29, 0.717) is 24.8 Å². The molecule has 43 heavy (non-hydrogen) atoms. The molecule has 0 radical (unpaired) electrons. The second-order valence-electron chi connectivity index (χ2n) is 12.2. The first-order valence-electron chi connectivity index (χ1n) is 15.2. The van der Waals surface area contributed by atoms with E-state index in [1.54, 1.807) is 30.9 Å². The van der Waals surface area contributed by atoms with Crippen LogP contribution in [0.4, 0.5) is 0 Å². The molecule has 3 aliphatic rings. The average molecular weight is 596 g/mol. The summed E-state index contributed by atoms with van der Waals surface area (Å²) in [6, 6.07) is 6.76. The summed E-state index contributed by atoms with van der Waals surface area (Å²) in [7, 11) is 0. The van der Waals surface area contributed by atoms with Crippen molar-refractivity contribution < 1.29 is 33.8 Å². The number of hydrogen-bond donors (Lipinski definition) is 2. The van der Waals surface area contributed by atoms with Crippen molar-refractivity contribution >= 4 is 23.7 Å². The van der Waals surface area contributed by atoms with Crippen molar-refractivity contribution in [2.75, 3.05) is 13.2 Å². The number of aliphatic hydroxyl groups is 1. The number of hydrogen-bond acceptors (Lipinski definition) is 7. The molecular formula is C33H45N3O7. The van der Waals surface area contributed by atoms with Crippen molar-refractivity contribution in [1.29, 1.82) is 0 Å². The molecule has 2 bridgehead atoms. The van der Waals surface area contributed by atoms with E-state index in [9.17, 15) is 24.3 Å². The number of amides is 3. The van der Waals surface area contributed by atoms with Crippen LogP contribution in [0.15, 0.2) is 55.6 Å². The van der Waals surface area contributed by atoms with E-state index in [4.69, 9.17) is 9.47 Å². The summed E-state index contributed by atoms with van der Waals surface area (Å²) < 4.78 is 12.7. The largest absolute Gasteiger partial charge is 0.455 e. The van der Waals surface area contributed by atoms with Gasteiger partial charge in [-0.2, -0.15) is 0 Å². The zero-order valence-electron chi connectivity index (χ0n) is 25.6. The highest BCUT2D eigenvalue weighted by Crippen LogP contribution is 2.59. The minimum Gasteiger partial charge on any atom is -0.455 e. The van der Waals surface area contributed by atoms with Gasteiger partial charge in [0.2, 0.25) is 17.7 Å². The van der Waals surface area contributed by atoms with Crippen LogP contribution in [-0.4, -0.2) is 87.6 Å². The van der Waals surface area contributed by atoms with E-state index in [0.717, 1.165) is 0 Å². The lowest BCUT2D eigenvalue weighted by molar-refractivity contribution is -0.162. The van der Waals surface area contributed by atoms with Crippen LogP contribution < -0.4 is 5.32 Å². The molecular weight excluding hydrogens is 550 g/mol. The van der Waals surface area contributed by atoms with Gasteiger partial charge in [-0.3, -0.25) is 19.2 Å². The Morgan fingerprint density at radius 1 is 1.19 bits per heavy atom. The third kappa shape index (κ3) is 5.99. The molecule has 10 nitrogen and oxygen atoms in total. The lowest BCUT2D eigenvalue weighted by atomic mass is 9.70. The predicted octanol–water partition coefficient (Wildman–Crippen LogP) is 2.92. The second kappa shape index (κ2) is 13.4. The van der Waals surface area contributed by atoms with Gasteiger partial charge in [0.05, 0.1) is 36.6 Å². The van der Waals surface area contributed by atoms with Crippen LogP contribution in [0, 0.1) is 11.8 Å². The maximum Gasteiger partial charge on any atom is 0.313 e. The molecule has 10 heteroatoms. The molecule has 8 atom stereocenters. The van der Waals surface area contributed by atoms with E-state index in [1.807, 2.05) is 44.2 Å². The Hall–Kier alpha value is -3.50. The van der Waals surface area contributed by atoms with Crippen molar-refractivity contribution in [2.45, 2.75) is 95.4 Å². The fourth-order valence-electron chi connectivity index (χ4n) is 6.99. The summed E-state index contributed by atoms with van der Waals surface area (Å²) in [4.78, 5) is 58.0. The first kappa shape index (κ1) is 32.4. The first-order chi connectivity index (χ1) is 20.5. The van der Waals surface area contributed by atoms with Gasteiger partial charge < -0.3 is 29.7 Å². The molecule has 3 heterocycles. The van der Waals surface area contributed by atoms with Crippen LogP contribution in [-0.2, 0) is 28.7 Å². The van der Waals surface area contributed by atoms with Crippen LogP contribution >= 0.6 is 0 Å². The highest BCUT2D eigenvalue weighted by molar-refractivity contribution is 5.98. The number of aliphatic hydroxyl groups excluding tert-OH is 1. The molecule has 0 aliphatic carbocycles. The second-order valence-corrected chi connectivity index (χ2v) is 12.2. The molecule has 2 N–H and O–H groups in total. The van der Waals surface area contributed by atoms with Crippen molar-refractivity contribution in [3.63, 3.8) is 0 Å². The van der Waals surface area contributed by atoms with E-state index in [-0.39, 0.29) is 37.4 Å². The highest BCUT2D eigenvalue weighted by atomic mass is 16.6. The molecule has 0 unspecified atom stereocenters. The fourth-order valence-corrected chi connectivity index (χ4v) is 6.99. The number of ether oxygens (including phenoxy) is 2. The van der Waals surface area contributed by atoms with E-state index < -0.39 is 59.6 Å². The molecule has 1 aromatic carbocycles. The molecule has 4 rings (SSSR count). The third-order valence-corrected chi connectivity index (χ3v) is 9.00. The van der Waals surface area contributed by atoms with Gasteiger partial charge in [-0.05, 0) is 52.5 Å². The molecule has 3 saturated heterocycles. The van der Waals surface area contributed by atoms with E-state index >= 15 is 0 Å². The van der Waals surface area contributed by atoms with Crippen molar-refractivity contribution in [1.82, 2.24) is 15.1 Å². The van der Waals surface area contributed by atoms with Gasteiger partial charge in [-0.25, -0.2) is 0 Å². The van der Waals surface area contributed by atoms with Crippen molar-refractivity contribution in [3.05, 3.63) is 61.2 Å². The Morgan fingerprint density at radius 3 is 2.49 bits per heavy atom. The minimum atomic E-state index is -1.22. The van der Waals surface area contributed by atoms with Crippen LogP contribution in [0.3, 0.4) is 0 Å². The zero-order chi connectivity index (χ0) is 31.5. The number of allylic oxidation sites excluding steroid dienone is 1. The normalized spacial score (nSPS) is 27.8. The first-order valence-corrected chi connectivity index (χ1v) is 15.2. The van der Waals surface area contributed by atoms with Gasteiger partial charge in [0.15, 0.2) is 0 Å². The summed E-state index contributed by atoms with van der Waals surface area (Å²) in [6.07, 6.45) is 3.59. The van der Waals surface area contributed by atoms with Crippen LogP contribution in [0.1, 0.15) is 65.0 Å². The number of benzene rings is 1. The summed E-state index contributed by atoms with van der Waals surface area (Å²) >= 11 is 0. The molecule has 234 valence electrons. The Bertz CT molecular complexity index is 1220. The van der Waals surface area contributed by atoms with Gasteiger partial charge in [-0.1, -0.05) is 42.5 Å². The number of nitrogens with zero attached hydrogens (tertiary/aromatic N) is 2. The number of esters is 1. The quantitative estimate of drug-likeness (QED) is 0.250. The summed E-state index contributed by atoms with van der Waals surface area (Å²) in [5.41, 5.74) is -0.517. The van der Waals surface area contributed by atoms with E-state index in [1.165, 1.54) is 4.90 Å². The Balaban J connectivity index is 1.67. The minimum absolute atomic E-state index is 0.170. The standard InChI is InChI=1S/C33H45N3O7/c1-7-9-15-25(38)34-22(6)28(23-13-11-10-12-14-23)42-32(41)26-24-16-17-33(43-24)27(26)30(39)36(21(5)19-37)29(33)31(40)35(18-8-2)20(3)4/h7-8,10-14,20-22,24,26-29,37H,1-2,9,15-19H2,3-6H3,(H,34,38)/t21-,22-,24+,26-,27-,28-,29+,33-/m1/s1. The third-order valence-electron chi connectivity index (χ3n) is 9.00. The molecule has 1 aromatic rings. The maximum atomic E-state index is 14.2. The molecule has 3 fully saturated rings. The molecule has 3 amide bonds. The summed E-state index contributed by atoms with van der Waals surface area (Å²) in [6.45, 7) is 14.6. The van der Waals surface area contributed by atoms with Gasteiger partial charge >= 0.3 is 5.97 Å². The summed E-state index contributed by atoms with van der Waals surface area (Å²) in [5, 5.41) is 13.0. The highest BCUT2D eigenvalue weighted by Gasteiger charge is 2.75. The maximum absolute atomic E-state index is 14.2. The fraction of sp³-hybridized carbons (Fsp3) is 0.576. The average Bonchev–Trinajstić information content (AvgIpc) is 3.64. The lowest BCUT2D eigenvalue weighted by Crippen LogP contribution is -2.59. The summed E-state index contributed by atoms with van der Waals surface area (Å²) in [5.74, 6) is -3.36. The van der Waals surface area contributed by atoms with Crippen LogP contribution in [0.5, 0.6) is 0 Å². The Kier molecular flexibility index (Phi) is 10.1. The van der Waals surface area contributed by atoms with Crippen molar-refractivity contribution in [3.8, 4) is 0 Å².